The summed E-state index contributed by atoms with van der Waals surface area (Å²) >= 11 is 5.24. The first-order valence-electron chi connectivity index (χ1n) is 8.58. The molecule has 5 heteroatoms. The molecule has 1 N–H and O–H groups in total. The van der Waals surface area contributed by atoms with Gasteiger partial charge in [-0.1, -0.05) is 40.2 Å². The number of benzene rings is 2. The van der Waals surface area contributed by atoms with Gasteiger partial charge in [0.1, 0.15) is 0 Å². The molecule has 0 radical (unpaired) electrons. The highest BCUT2D eigenvalue weighted by molar-refractivity contribution is 9.10. The molecular weight excluding hydrogens is 396 g/mol. The van der Waals surface area contributed by atoms with Crippen LogP contribution in [0.1, 0.15) is 29.3 Å². The molecule has 0 spiro atoms. The van der Waals surface area contributed by atoms with Gasteiger partial charge in [-0.25, -0.2) is 4.98 Å². The molecule has 1 saturated carbocycles. The van der Waals surface area contributed by atoms with Crippen LogP contribution in [0.5, 0.6) is 0 Å². The van der Waals surface area contributed by atoms with Crippen LogP contribution in [-0.4, -0.2) is 17.4 Å². The number of nitrogens with one attached hydrogen (secondary N) is 1. The van der Waals surface area contributed by atoms with E-state index in [4.69, 9.17) is 0 Å². The Bertz CT molecular complexity index is 874. The van der Waals surface area contributed by atoms with Gasteiger partial charge in [0.15, 0.2) is 0 Å². The molecule has 1 amide bonds. The Hall–Kier alpha value is -1.72. The van der Waals surface area contributed by atoms with Gasteiger partial charge in [-0.2, -0.15) is 0 Å². The molecule has 1 aliphatic rings. The zero-order valence-corrected chi connectivity index (χ0v) is 16.1. The minimum atomic E-state index is 0.136. The number of nitrogens with zero attached hydrogens (tertiary/aromatic N) is 1. The number of fused-ring (bicyclic) bond motifs is 1. The van der Waals surface area contributed by atoms with Crippen molar-refractivity contribution in [3.63, 3.8) is 0 Å². The molecule has 0 bridgehead atoms. The van der Waals surface area contributed by atoms with Gasteiger partial charge in [0.2, 0.25) is 5.91 Å². The van der Waals surface area contributed by atoms with Gasteiger partial charge in [-0.15, -0.1) is 11.3 Å². The first kappa shape index (κ1) is 16.7. The highest BCUT2D eigenvalue weighted by Crippen LogP contribution is 2.47. The van der Waals surface area contributed by atoms with E-state index in [9.17, 15) is 4.79 Å². The van der Waals surface area contributed by atoms with Crippen LogP contribution < -0.4 is 5.32 Å². The lowest BCUT2D eigenvalue weighted by molar-refractivity contribution is -0.122. The number of hydrogen-bond donors (Lipinski definition) is 1. The van der Waals surface area contributed by atoms with Crippen LogP contribution in [-0.2, 0) is 11.2 Å². The highest BCUT2D eigenvalue weighted by atomic mass is 79.9. The van der Waals surface area contributed by atoms with Crippen molar-refractivity contribution in [3.05, 3.63) is 63.6 Å². The third-order valence-electron chi connectivity index (χ3n) is 4.61. The van der Waals surface area contributed by atoms with E-state index in [1.54, 1.807) is 11.3 Å². The van der Waals surface area contributed by atoms with Crippen molar-refractivity contribution in [2.24, 2.45) is 5.92 Å². The number of amides is 1. The van der Waals surface area contributed by atoms with Crippen LogP contribution in [0.3, 0.4) is 0 Å². The van der Waals surface area contributed by atoms with Crippen molar-refractivity contribution in [2.45, 2.75) is 25.2 Å². The maximum Gasteiger partial charge on any atom is 0.223 e. The molecule has 128 valence electrons. The van der Waals surface area contributed by atoms with Gasteiger partial charge in [0.05, 0.1) is 15.2 Å². The van der Waals surface area contributed by atoms with Crippen molar-refractivity contribution < 1.29 is 4.79 Å². The summed E-state index contributed by atoms with van der Waals surface area (Å²) < 4.78 is 2.31. The summed E-state index contributed by atoms with van der Waals surface area (Å²) in [6, 6.07) is 16.5. The number of thiazole rings is 1. The lowest BCUT2D eigenvalue weighted by Crippen LogP contribution is -2.26. The van der Waals surface area contributed by atoms with Crippen LogP contribution >= 0.6 is 27.3 Å². The predicted octanol–water partition coefficient (Wildman–Crippen LogP) is 4.91. The molecule has 25 heavy (non-hydrogen) atoms. The number of aryl methyl sites for hydroxylation is 1. The third-order valence-corrected chi connectivity index (χ3v) is 6.20. The number of rotatable bonds is 6. The molecule has 1 aromatic heterocycles. The summed E-state index contributed by atoms with van der Waals surface area (Å²) in [5.41, 5.74) is 2.32. The molecule has 1 aliphatic carbocycles. The number of halogens is 1. The number of aromatic nitrogens is 1. The highest BCUT2D eigenvalue weighted by Gasteiger charge is 2.43. The van der Waals surface area contributed by atoms with Crippen molar-refractivity contribution >= 4 is 43.4 Å². The fraction of sp³-hybridized carbons (Fsp3) is 0.300. The average Bonchev–Trinajstić information content (AvgIpc) is 3.31. The summed E-state index contributed by atoms with van der Waals surface area (Å²) in [6.07, 6.45) is 2.80. The molecule has 4 rings (SSSR count). The lowest BCUT2D eigenvalue weighted by Gasteiger charge is -2.04. The number of carbonyl (C=O) groups is 1. The van der Waals surface area contributed by atoms with Crippen LogP contribution in [0, 0.1) is 5.92 Å². The number of carbonyl (C=O) groups excluding carboxylic acids is 1. The SMILES string of the molecule is O=C(NCCCc1nc2ccccc2s1)C1CC1c1cccc(Br)c1. The summed E-state index contributed by atoms with van der Waals surface area (Å²) in [5.74, 6) is 0.702. The second-order valence-electron chi connectivity index (χ2n) is 6.47. The van der Waals surface area contributed by atoms with Crippen molar-refractivity contribution in [1.29, 1.82) is 0 Å². The summed E-state index contributed by atoms with van der Waals surface area (Å²) in [7, 11) is 0. The zero-order valence-electron chi connectivity index (χ0n) is 13.7. The monoisotopic (exact) mass is 414 g/mol. The molecule has 3 nitrogen and oxygen atoms in total. The van der Waals surface area contributed by atoms with Crippen LogP contribution in [0.4, 0.5) is 0 Å². The average molecular weight is 415 g/mol. The van der Waals surface area contributed by atoms with Crippen LogP contribution in [0.25, 0.3) is 10.2 Å². The first-order valence-corrected chi connectivity index (χ1v) is 10.2. The fourth-order valence-corrected chi connectivity index (χ4v) is 4.63. The van der Waals surface area contributed by atoms with Gasteiger partial charge in [-0.3, -0.25) is 4.79 Å². The molecule has 1 heterocycles. The van der Waals surface area contributed by atoms with E-state index in [2.05, 4.69) is 44.4 Å². The fourth-order valence-electron chi connectivity index (χ4n) is 3.20. The van der Waals surface area contributed by atoms with E-state index in [-0.39, 0.29) is 11.8 Å². The first-order chi connectivity index (χ1) is 12.2. The minimum absolute atomic E-state index is 0.136. The van der Waals surface area contributed by atoms with E-state index >= 15 is 0 Å². The largest absolute Gasteiger partial charge is 0.356 e. The number of hydrogen-bond acceptors (Lipinski definition) is 3. The molecule has 0 saturated heterocycles. The van der Waals surface area contributed by atoms with Gasteiger partial charge < -0.3 is 5.32 Å². The van der Waals surface area contributed by atoms with E-state index in [1.165, 1.54) is 10.3 Å². The topological polar surface area (TPSA) is 42.0 Å². The van der Waals surface area contributed by atoms with E-state index in [0.717, 1.165) is 40.8 Å². The summed E-state index contributed by atoms with van der Waals surface area (Å²) in [4.78, 5) is 16.9. The standard InChI is InChI=1S/C20H19BrN2OS/c21-14-6-3-5-13(11-14)15-12-16(15)20(24)22-10-4-9-19-23-17-7-1-2-8-18(17)25-19/h1-3,5-8,11,15-16H,4,9-10,12H2,(H,22,24). The van der Waals surface area contributed by atoms with Gasteiger partial charge >= 0.3 is 0 Å². The molecule has 1 fully saturated rings. The van der Waals surface area contributed by atoms with Crippen LogP contribution in [0.2, 0.25) is 0 Å². The molecule has 0 aliphatic heterocycles. The number of para-hydroxylation sites is 1. The maximum atomic E-state index is 12.3. The normalized spacial score (nSPS) is 19.1. The van der Waals surface area contributed by atoms with Crippen molar-refractivity contribution in [3.8, 4) is 0 Å². The van der Waals surface area contributed by atoms with Crippen molar-refractivity contribution in [2.75, 3.05) is 6.54 Å². The summed E-state index contributed by atoms with van der Waals surface area (Å²) in [6.45, 7) is 0.719. The van der Waals surface area contributed by atoms with Crippen molar-refractivity contribution in [1.82, 2.24) is 10.3 Å². The molecule has 2 unspecified atom stereocenters. The summed E-state index contributed by atoms with van der Waals surface area (Å²) in [5, 5.41) is 4.24. The molecule has 2 aromatic carbocycles. The zero-order chi connectivity index (χ0) is 17.2. The Morgan fingerprint density at radius 1 is 1.24 bits per heavy atom. The quantitative estimate of drug-likeness (QED) is 0.582. The Balaban J connectivity index is 1.23. The Morgan fingerprint density at radius 2 is 2.12 bits per heavy atom. The second-order valence-corrected chi connectivity index (χ2v) is 8.50. The van der Waals surface area contributed by atoms with Crippen LogP contribution in [0.15, 0.2) is 53.0 Å². The second kappa shape index (κ2) is 7.26. The van der Waals surface area contributed by atoms with E-state index in [1.807, 2.05) is 30.3 Å². The minimum Gasteiger partial charge on any atom is -0.356 e. The molecule has 3 aromatic rings. The third kappa shape index (κ3) is 3.93. The van der Waals surface area contributed by atoms with E-state index < -0.39 is 0 Å². The smallest absolute Gasteiger partial charge is 0.223 e. The molecular formula is C20H19BrN2OS. The van der Waals surface area contributed by atoms with Gasteiger partial charge in [0.25, 0.3) is 0 Å². The Kier molecular flexibility index (Phi) is 4.86. The van der Waals surface area contributed by atoms with E-state index in [0.29, 0.717) is 5.92 Å². The lowest BCUT2D eigenvalue weighted by atomic mass is 10.1. The van der Waals surface area contributed by atoms with Gasteiger partial charge in [0, 0.05) is 23.4 Å². The Labute approximate surface area is 159 Å². The predicted molar refractivity (Wildman–Crippen MR) is 106 cm³/mol. The van der Waals surface area contributed by atoms with Gasteiger partial charge in [-0.05, 0) is 48.6 Å². The Morgan fingerprint density at radius 3 is 2.96 bits per heavy atom. The molecule has 2 atom stereocenters. The maximum absolute atomic E-state index is 12.3.